The summed E-state index contributed by atoms with van der Waals surface area (Å²) >= 11 is 0. The van der Waals surface area contributed by atoms with E-state index < -0.39 is 0 Å². The summed E-state index contributed by atoms with van der Waals surface area (Å²) in [7, 11) is 4.00. The lowest BCUT2D eigenvalue weighted by molar-refractivity contribution is -0.116. The number of nitrogens with one attached hydrogen (secondary N) is 1. The summed E-state index contributed by atoms with van der Waals surface area (Å²) in [5, 5.41) is 3.75. The molecule has 0 bridgehead atoms. The van der Waals surface area contributed by atoms with Gasteiger partial charge in [0.2, 0.25) is 5.91 Å². The lowest BCUT2D eigenvalue weighted by Crippen LogP contribution is -2.22. The van der Waals surface area contributed by atoms with E-state index in [2.05, 4.69) is 29.0 Å². The van der Waals surface area contributed by atoms with Crippen LogP contribution in [0.5, 0.6) is 0 Å². The SMILES string of the molecule is CCN(CC)c1ccc(NC(=O)CCCCC2CCSS2)cn1. The van der Waals surface area contributed by atoms with Gasteiger partial charge in [-0.1, -0.05) is 28.0 Å². The van der Waals surface area contributed by atoms with E-state index in [0.717, 1.165) is 42.7 Å². The number of unbranched alkanes of at least 4 members (excludes halogenated alkanes) is 1. The third-order valence-corrected chi connectivity index (χ3v) is 7.03. The van der Waals surface area contributed by atoms with Crippen LogP contribution in [0.4, 0.5) is 11.5 Å². The van der Waals surface area contributed by atoms with Crippen molar-refractivity contribution in [3.8, 4) is 0 Å². The van der Waals surface area contributed by atoms with Gasteiger partial charge in [-0.3, -0.25) is 4.79 Å². The van der Waals surface area contributed by atoms with Gasteiger partial charge in [0.15, 0.2) is 0 Å². The Labute approximate surface area is 147 Å². The zero-order chi connectivity index (χ0) is 16.5. The summed E-state index contributed by atoms with van der Waals surface area (Å²) in [4.78, 5) is 18.6. The van der Waals surface area contributed by atoms with Gasteiger partial charge in [-0.25, -0.2) is 4.98 Å². The summed E-state index contributed by atoms with van der Waals surface area (Å²) < 4.78 is 0. The molecule has 1 aromatic rings. The smallest absolute Gasteiger partial charge is 0.224 e. The van der Waals surface area contributed by atoms with Crippen LogP contribution in [0.1, 0.15) is 46.0 Å². The van der Waals surface area contributed by atoms with Gasteiger partial charge in [0.05, 0.1) is 11.9 Å². The Morgan fingerprint density at radius 2 is 2.17 bits per heavy atom. The zero-order valence-electron chi connectivity index (χ0n) is 14.1. The first kappa shape index (κ1) is 18.5. The van der Waals surface area contributed by atoms with Crippen LogP contribution in [-0.4, -0.2) is 35.0 Å². The molecule has 1 amide bonds. The van der Waals surface area contributed by atoms with E-state index in [-0.39, 0.29) is 5.91 Å². The average Bonchev–Trinajstić information content (AvgIpc) is 3.08. The highest BCUT2D eigenvalue weighted by Crippen LogP contribution is 2.39. The molecule has 1 aliphatic rings. The van der Waals surface area contributed by atoms with Gasteiger partial charge in [-0.05, 0) is 45.2 Å². The molecule has 1 unspecified atom stereocenters. The van der Waals surface area contributed by atoms with E-state index in [1.165, 1.54) is 18.6 Å². The van der Waals surface area contributed by atoms with Crippen molar-refractivity contribution in [2.24, 2.45) is 0 Å². The molecule has 2 rings (SSSR count). The van der Waals surface area contributed by atoms with Gasteiger partial charge in [0.25, 0.3) is 0 Å². The third-order valence-electron chi connectivity index (χ3n) is 4.03. The van der Waals surface area contributed by atoms with Crippen molar-refractivity contribution in [2.75, 3.05) is 29.1 Å². The van der Waals surface area contributed by atoms with E-state index in [1.54, 1.807) is 6.20 Å². The van der Waals surface area contributed by atoms with Crippen LogP contribution in [0.2, 0.25) is 0 Å². The fraction of sp³-hybridized carbons (Fsp3) is 0.647. The first-order chi connectivity index (χ1) is 11.2. The monoisotopic (exact) mass is 353 g/mol. The minimum absolute atomic E-state index is 0.0934. The van der Waals surface area contributed by atoms with Crippen LogP contribution in [0.15, 0.2) is 18.3 Å². The van der Waals surface area contributed by atoms with E-state index >= 15 is 0 Å². The molecule has 0 saturated carbocycles. The lowest BCUT2D eigenvalue weighted by atomic mass is 10.1. The number of nitrogens with zero attached hydrogens (tertiary/aromatic N) is 2. The quantitative estimate of drug-likeness (QED) is 0.520. The Morgan fingerprint density at radius 3 is 2.78 bits per heavy atom. The molecule has 1 saturated heterocycles. The van der Waals surface area contributed by atoms with Crippen molar-refractivity contribution in [2.45, 2.75) is 51.2 Å². The van der Waals surface area contributed by atoms with Crippen LogP contribution in [-0.2, 0) is 4.79 Å². The molecule has 4 nitrogen and oxygen atoms in total. The molecule has 0 aromatic carbocycles. The van der Waals surface area contributed by atoms with Gasteiger partial charge in [-0.2, -0.15) is 0 Å². The van der Waals surface area contributed by atoms with Crippen molar-refractivity contribution in [1.29, 1.82) is 0 Å². The summed E-state index contributed by atoms with van der Waals surface area (Å²) in [6.45, 7) is 6.10. The Kier molecular flexibility index (Phi) is 8.09. The highest BCUT2D eigenvalue weighted by atomic mass is 33.1. The van der Waals surface area contributed by atoms with Crippen molar-refractivity contribution >= 4 is 39.0 Å². The highest BCUT2D eigenvalue weighted by molar-refractivity contribution is 8.77. The largest absolute Gasteiger partial charge is 0.357 e. The van der Waals surface area contributed by atoms with E-state index in [1.807, 2.05) is 33.7 Å². The van der Waals surface area contributed by atoms with Crippen molar-refractivity contribution in [3.05, 3.63) is 18.3 Å². The normalized spacial score (nSPS) is 17.2. The maximum atomic E-state index is 12.0. The van der Waals surface area contributed by atoms with Gasteiger partial charge in [0.1, 0.15) is 5.82 Å². The molecule has 128 valence electrons. The summed E-state index contributed by atoms with van der Waals surface area (Å²) in [5.41, 5.74) is 0.786. The molecule has 0 radical (unpaired) electrons. The van der Waals surface area contributed by atoms with E-state index in [0.29, 0.717) is 6.42 Å². The Balaban J connectivity index is 1.68. The van der Waals surface area contributed by atoms with Crippen LogP contribution in [0, 0.1) is 0 Å². The fourth-order valence-corrected chi connectivity index (χ4v) is 5.67. The number of pyridine rings is 1. The first-order valence-corrected chi connectivity index (χ1v) is 10.9. The van der Waals surface area contributed by atoms with Gasteiger partial charge in [-0.15, -0.1) is 0 Å². The second-order valence-electron chi connectivity index (χ2n) is 5.70. The van der Waals surface area contributed by atoms with Crippen molar-refractivity contribution < 1.29 is 4.79 Å². The van der Waals surface area contributed by atoms with Crippen LogP contribution < -0.4 is 10.2 Å². The van der Waals surface area contributed by atoms with Crippen LogP contribution in [0.3, 0.4) is 0 Å². The van der Waals surface area contributed by atoms with Crippen LogP contribution in [0.25, 0.3) is 0 Å². The van der Waals surface area contributed by atoms with Crippen molar-refractivity contribution in [3.63, 3.8) is 0 Å². The number of anilines is 2. The summed E-state index contributed by atoms with van der Waals surface area (Å²) in [6.07, 6.45) is 7.03. The first-order valence-electron chi connectivity index (χ1n) is 8.52. The standard InChI is InChI=1S/C17H27N3OS2/c1-3-20(4-2)16-10-9-14(13-18-16)19-17(21)8-6-5-7-15-11-12-22-23-15/h9-10,13,15H,3-8,11-12H2,1-2H3,(H,19,21). The predicted octanol–water partition coefficient (Wildman–Crippen LogP) is 4.58. The molecule has 6 heteroatoms. The maximum absolute atomic E-state index is 12.0. The van der Waals surface area contributed by atoms with E-state index in [4.69, 9.17) is 0 Å². The Bertz CT molecular complexity index is 471. The van der Waals surface area contributed by atoms with Crippen LogP contribution >= 0.6 is 21.6 Å². The van der Waals surface area contributed by atoms with Gasteiger partial charge in [0, 0.05) is 30.5 Å². The molecule has 2 heterocycles. The topological polar surface area (TPSA) is 45.2 Å². The number of carbonyl (C=O) groups is 1. The second-order valence-corrected chi connectivity index (χ2v) is 8.49. The minimum atomic E-state index is 0.0934. The Morgan fingerprint density at radius 1 is 1.35 bits per heavy atom. The molecule has 1 aliphatic heterocycles. The summed E-state index contributed by atoms with van der Waals surface area (Å²) in [6, 6.07) is 3.91. The highest BCUT2D eigenvalue weighted by Gasteiger charge is 2.15. The number of carbonyl (C=O) groups excluding carboxylic acids is 1. The molecule has 23 heavy (non-hydrogen) atoms. The van der Waals surface area contributed by atoms with E-state index in [9.17, 15) is 4.79 Å². The fourth-order valence-electron chi connectivity index (χ4n) is 2.64. The lowest BCUT2D eigenvalue weighted by Gasteiger charge is -2.19. The number of hydrogen-bond donors (Lipinski definition) is 1. The van der Waals surface area contributed by atoms with Gasteiger partial charge < -0.3 is 10.2 Å². The molecular formula is C17H27N3OS2. The molecule has 0 aliphatic carbocycles. The third kappa shape index (κ3) is 6.26. The van der Waals surface area contributed by atoms with Gasteiger partial charge >= 0.3 is 0 Å². The summed E-state index contributed by atoms with van der Waals surface area (Å²) in [5.74, 6) is 2.34. The number of rotatable bonds is 9. The molecular weight excluding hydrogens is 326 g/mol. The zero-order valence-corrected chi connectivity index (χ0v) is 15.7. The molecule has 0 spiro atoms. The Hall–Kier alpha value is -0.880. The molecule has 1 atom stereocenters. The number of amides is 1. The molecule has 1 fully saturated rings. The number of hydrogen-bond acceptors (Lipinski definition) is 5. The molecule has 1 N–H and O–H groups in total. The molecule has 1 aromatic heterocycles. The average molecular weight is 354 g/mol. The maximum Gasteiger partial charge on any atom is 0.224 e. The second kappa shape index (κ2) is 10.1. The number of aromatic nitrogens is 1. The van der Waals surface area contributed by atoms with Crippen molar-refractivity contribution in [1.82, 2.24) is 4.98 Å². The predicted molar refractivity (Wildman–Crippen MR) is 103 cm³/mol. The minimum Gasteiger partial charge on any atom is -0.357 e.